The number of nitrogens with one attached hydrogen (secondary N) is 1. The first-order valence-electron chi connectivity index (χ1n) is 8.28. The van der Waals surface area contributed by atoms with Crippen molar-refractivity contribution in [2.24, 2.45) is 23.7 Å². The summed E-state index contributed by atoms with van der Waals surface area (Å²) in [5.41, 5.74) is 1.68. The van der Waals surface area contributed by atoms with Gasteiger partial charge in [-0.1, -0.05) is 23.7 Å². The summed E-state index contributed by atoms with van der Waals surface area (Å²) in [5.74, 6) is -1.75. The summed E-state index contributed by atoms with van der Waals surface area (Å²) in [6.07, 6.45) is 2.72. The van der Waals surface area contributed by atoms with Crippen LogP contribution in [0.3, 0.4) is 0 Å². The minimum absolute atomic E-state index is 0.138. The van der Waals surface area contributed by atoms with Gasteiger partial charge in [-0.2, -0.15) is 0 Å². The Morgan fingerprint density at radius 1 is 1.16 bits per heavy atom. The molecule has 2 aliphatic carbocycles. The molecule has 1 amide bonds. The zero-order valence-corrected chi connectivity index (χ0v) is 14.9. The number of carbonyl (C=O) groups excluding carboxylic acids is 1. The Labute approximate surface area is 154 Å². The molecule has 7 heteroatoms. The highest BCUT2D eigenvalue weighted by Crippen LogP contribution is 2.52. The molecule has 25 heavy (non-hydrogen) atoms. The highest BCUT2D eigenvalue weighted by atomic mass is 35.5. The third-order valence-corrected chi connectivity index (χ3v) is 6.39. The highest BCUT2D eigenvalue weighted by molar-refractivity contribution is 7.14. The van der Waals surface area contributed by atoms with Crippen molar-refractivity contribution >= 4 is 39.9 Å². The van der Waals surface area contributed by atoms with E-state index >= 15 is 0 Å². The zero-order chi connectivity index (χ0) is 17.6. The third-order valence-electron chi connectivity index (χ3n) is 5.38. The van der Waals surface area contributed by atoms with Gasteiger partial charge >= 0.3 is 5.97 Å². The van der Waals surface area contributed by atoms with Gasteiger partial charge in [-0.15, -0.1) is 11.3 Å². The SMILES string of the molecule is O=C(O)[C@@H]1[C@H]2CC[C@H](C2)[C@@H]1C(=O)Nc1nc(-c2ccc(Cl)cc2)cs1. The number of fused-ring (bicyclic) bond motifs is 2. The van der Waals surface area contributed by atoms with Crippen molar-refractivity contribution in [2.45, 2.75) is 19.3 Å². The Hall–Kier alpha value is -1.92. The van der Waals surface area contributed by atoms with Crippen molar-refractivity contribution in [1.82, 2.24) is 4.98 Å². The molecule has 0 unspecified atom stereocenters. The molecule has 4 atom stereocenters. The summed E-state index contributed by atoms with van der Waals surface area (Å²) in [4.78, 5) is 28.7. The first-order valence-corrected chi connectivity index (χ1v) is 9.54. The number of carboxylic acids is 1. The van der Waals surface area contributed by atoms with E-state index in [4.69, 9.17) is 11.6 Å². The number of carbonyl (C=O) groups is 2. The number of rotatable bonds is 4. The van der Waals surface area contributed by atoms with Crippen LogP contribution in [0, 0.1) is 23.7 Å². The van der Waals surface area contributed by atoms with Gasteiger partial charge < -0.3 is 10.4 Å². The van der Waals surface area contributed by atoms with Crippen LogP contribution < -0.4 is 5.32 Å². The van der Waals surface area contributed by atoms with Gasteiger partial charge in [-0.05, 0) is 43.2 Å². The molecule has 130 valence electrons. The second-order valence-electron chi connectivity index (χ2n) is 6.76. The average Bonchev–Trinajstić information content (AvgIpc) is 3.30. The van der Waals surface area contributed by atoms with Crippen molar-refractivity contribution in [3.8, 4) is 11.3 Å². The van der Waals surface area contributed by atoms with E-state index in [1.807, 2.05) is 17.5 Å². The number of benzene rings is 1. The molecule has 0 aliphatic heterocycles. The normalized spacial score (nSPS) is 27.4. The van der Waals surface area contributed by atoms with E-state index in [2.05, 4.69) is 10.3 Å². The van der Waals surface area contributed by atoms with Gasteiger partial charge in [0, 0.05) is 16.0 Å². The van der Waals surface area contributed by atoms with E-state index in [0.29, 0.717) is 10.2 Å². The molecule has 2 fully saturated rings. The monoisotopic (exact) mass is 376 g/mol. The lowest BCUT2D eigenvalue weighted by Gasteiger charge is -2.26. The van der Waals surface area contributed by atoms with Gasteiger partial charge in [0.2, 0.25) is 5.91 Å². The van der Waals surface area contributed by atoms with Crippen molar-refractivity contribution in [3.63, 3.8) is 0 Å². The number of hydrogen-bond acceptors (Lipinski definition) is 4. The number of aromatic nitrogens is 1. The van der Waals surface area contributed by atoms with Gasteiger partial charge in [-0.25, -0.2) is 4.98 Å². The fourth-order valence-electron chi connectivity index (χ4n) is 4.30. The molecule has 0 radical (unpaired) electrons. The topological polar surface area (TPSA) is 79.3 Å². The molecule has 2 bridgehead atoms. The van der Waals surface area contributed by atoms with E-state index in [1.54, 1.807) is 12.1 Å². The van der Waals surface area contributed by atoms with Crippen LogP contribution in [0.5, 0.6) is 0 Å². The number of halogens is 1. The molecular weight excluding hydrogens is 360 g/mol. The Kier molecular flexibility index (Phi) is 4.25. The smallest absolute Gasteiger partial charge is 0.307 e. The molecule has 4 rings (SSSR count). The number of anilines is 1. The standard InChI is InChI=1S/C18H17ClN2O3S/c19-12-5-3-9(4-6-12)13-8-25-18(20-13)21-16(22)14-10-1-2-11(7-10)15(14)17(23)24/h3-6,8,10-11,14-15H,1-2,7H2,(H,23,24)(H,20,21,22)/t10-,11+,14+,15-/m1/s1. The largest absolute Gasteiger partial charge is 0.481 e. The Morgan fingerprint density at radius 3 is 2.52 bits per heavy atom. The molecule has 1 heterocycles. The van der Waals surface area contributed by atoms with Crippen LogP contribution in [0.1, 0.15) is 19.3 Å². The summed E-state index contributed by atoms with van der Waals surface area (Å²) in [6.45, 7) is 0. The van der Waals surface area contributed by atoms with Gasteiger partial charge in [0.1, 0.15) is 0 Å². The maximum atomic E-state index is 12.7. The number of aliphatic carboxylic acids is 1. The molecule has 2 aromatic rings. The van der Waals surface area contributed by atoms with Gasteiger partial charge in [0.25, 0.3) is 0 Å². The number of hydrogen-bond donors (Lipinski definition) is 2. The van der Waals surface area contributed by atoms with Crippen LogP contribution in [0.2, 0.25) is 5.02 Å². The quantitative estimate of drug-likeness (QED) is 0.840. The van der Waals surface area contributed by atoms with E-state index in [9.17, 15) is 14.7 Å². The second kappa shape index (κ2) is 6.42. The maximum absolute atomic E-state index is 12.7. The predicted molar refractivity (Wildman–Crippen MR) is 96.6 cm³/mol. The Bertz CT molecular complexity index is 820. The lowest BCUT2D eigenvalue weighted by atomic mass is 9.79. The minimum atomic E-state index is -0.853. The van der Waals surface area contributed by atoms with E-state index in [0.717, 1.165) is 30.5 Å². The molecule has 1 aromatic heterocycles. The molecular formula is C18H17ClN2O3S. The average molecular weight is 377 g/mol. The Balaban J connectivity index is 1.50. The van der Waals surface area contributed by atoms with E-state index in [1.165, 1.54) is 11.3 Å². The zero-order valence-electron chi connectivity index (χ0n) is 13.3. The summed E-state index contributed by atoms with van der Waals surface area (Å²) in [5, 5.41) is 15.4. The van der Waals surface area contributed by atoms with Crippen molar-refractivity contribution in [3.05, 3.63) is 34.7 Å². The van der Waals surface area contributed by atoms with Crippen LogP contribution in [0.4, 0.5) is 5.13 Å². The summed E-state index contributed by atoms with van der Waals surface area (Å²) >= 11 is 7.24. The molecule has 1 aromatic carbocycles. The van der Waals surface area contributed by atoms with Crippen LogP contribution in [0.15, 0.2) is 29.6 Å². The van der Waals surface area contributed by atoms with Gasteiger partial charge in [-0.3, -0.25) is 9.59 Å². The first-order chi connectivity index (χ1) is 12.0. The molecule has 2 N–H and O–H groups in total. The fourth-order valence-corrected chi connectivity index (χ4v) is 5.15. The van der Waals surface area contributed by atoms with Crippen LogP contribution in [-0.4, -0.2) is 22.0 Å². The number of amides is 1. The molecule has 0 saturated heterocycles. The van der Waals surface area contributed by atoms with Crippen molar-refractivity contribution < 1.29 is 14.7 Å². The Morgan fingerprint density at radius 2 is 1.84 bits per heavy atom. The third kappa shape index (κ3) is 3.04. The summed E-state index contributed by atoms with van der Waals surface area (Å²) < 4.78 is 0. The number of nitrogens with zero attached hydrogens (tertiary/aromatic N) is 1. The maximum Gasteiger partial charge on any atom is 0.307 e. The van der Waals surface area contributed by atoms with Gasteiger partial charge in [0.05, 0.1) is 17.5 Å². The summed E-state index contributed by atoms with van der Waals surface area (Å²) in [7, 11) is 0. The molecule has 2 aliphatic rings. The van der Waals surface area contributed by atoms with Crippen LogP contribution >= 0.6 is 22.9 Å². The molecule has 0 spiro atoms. The van der Waals surface area contributed by atoms with Crippen molar-refractivity contribution in [1.29, 1.82) is 0 Å². The molecule has 2 saturated carbocycles. The van der Waals surface area contributed by atoms with Crippen LogP contribution in [0.25, 0.3) is 11.3 Å². The van der Waals surface area contributed by atoms with Crippen LogP contribution in [-0.2, 0) is 9.59 Å². The van der Waals surface area contributed by atoms with Gasteiger partial charge in [0.15, 0.2) is 5.13 Å². The predicted octanol–water partition coefficient (Wildman–Crippen LogP) is 4.15. The lowest BCUT2D eigenvalue weighted by Crippen LogP contribution is -2.37. The van der Waals surface area contributed by atoms with Crippen molar-refractivity contribution in [2.75, 3.05) is 5.32 Å². The molecule has 5 nitrogen and oxygen atoms in total. The first kappa shape index (κ1) is 16.5. The second-order valence-corrected chi connectivity index (χ2v) is 8.05. The van der Waals surface area contributed by atoms with E-state index < -0.39 is 17.8 Å². The minimum Gasteiger partial charge on any atom is -0.481 e. The van der Waals surface area contributed by atoms with E-state index in [-0.39, 0.29) is 17.7 Å². The highest BCUT2D eigenvalue weighted by Gasteiger charge is 2.54. The number of thiazole rings is 1. The fraction of sp³-hybridized carbons (Fsp3) is 0.389. The number of carboxylic acid groups (broad SMARTS) is 1. The summed E-state index contributed by atoms with van der Waals surface area (Å²) in [6, 6.07) is 7.33. The lowest BCUT2D eigenvalue weighted by molar-refractivity contribution is -0.148.